The molecule has 0 aromatic rings. The van der Waals surface area contributed by atoms with E-state index in [0.29, 0.717) is 0 Å². The van der Waals surface area contributed by atoms with Gasteiger partial charge in [-0.3, -0.25) is 9.59 Å². The minimum Gasteiger partial charge on any atom is -0.480 e. The molecule has 0 saturated carbocycles. The van der Waals surface area contributed by atoms with Crippen LogP contribution in [-0.4, -0.2) is 64.2 Å². The second kappa shape index (κ2) is 10.8. The Balaban J connectivity index is -0.000000845. The van der Waals surface area contributed by atoms with Gasteiger partial charge in [0, 0.05) is 14.1 Å². The van der Waals surface area contributed by atoms with Crippen LogP contribution in [-0.2, 0) is 9.59 Å². The monoisotopic (exact) mass is 266 g/mol. The van der Waals surface area contributed by atoms with E-state index in [0.717, 1.165) is 0 Å². The molecule has 0 aromatic heterocycles. The van der Waals surface area contributed by atoms with Gasteiger partial charge in [0.2, 0.25) is 0 Å². The molecule has 0 saturated heterocycles. The molecule has 6 nitrogen and oxygen atoms in total. The normalized spacial score (nSPS) is 8.12. The third-order valence-corrected chi connectivity index (χ3v) is 2.02. The van der Waals surface area contributed by atoms with E-state index in [-0.39, 0.29) is 77.3 Å². The molecule has 0 amide bonds. The molecule has 2 N–H and O–H groups in total. The van der Waals surface area contributed by atoms with E-state index >= 15 is 0 Å². The third kappa shape index (κ3) is 9.83. The van der Waals surface area contributed by atoms with Gasteiger partial charge in [-0.1, -0.05) is 0 Å². The molecular formula is C7H12N2Na2O4S+2. The Hall–Kier alpha value is 0.630. The molecule has 0 aliphatic carbocycles. The van der Waals surface area contributed by atoms with E-state index in [9.17, 15) is 9.59 Å². The summed E-state index contributed by atoms with van der Waals surface area (Å²) in [7, 11) is 2.99. The van der Waals surface area contributed by atoms with Gasteiger partial charge in [-0.2, -0.15) is 0 Å². The van der Waals surface area contributed by atoms with Crippen LogP contribution in [0.4, 0.5) is 0 Å². The molecule has 0 unspecified atom stereocenters. The smallest absolute Gasteiger partial charge is 0.480 e. The van der Waals surface area contributed by atoms with Gasteiger partial charge in [0.1, 0.15) is 13.1 Å². The zero-order valence-electron chi connectivity index (χ0n) is 9.93. The fourth-order valence-electron chi connectivity index (χ4n) is 0.832. The molecule has 0 aliphatic heterocycles. The first-order chi connectivity index (χ1) is 6.34. The first-order valence-corrected chi connectivity index (χ1v) is 4.15. The van der Waals surface area contributed by atoms with Crippen LogP contribution in [0.15, 0.2) is 0 Å². The molecule has 9 heteroatoms. The van der Waals surface area contributed by atoms with Crippen LogP contribution in [0.3, 0.4) is 0 Å². The number of carboxylic acids is 2. The minimum atomic E-state index is -1.02. The number of nitrogens with zero attached hydrogens (tertiary/aromatic N) is 2. The fourth-order valence-corrected chi connectivity index (χ4v) is 0.962. The summed E-state index contributed by atoms with van der Waals surface area (Å²) in [6.45, 7) is -0.494. The maximum Gasteiger partial charge on any atom is 1.00 e. The van der Waals surface area contributed by atoms with Gasteiger partial charge in [-0.25, -0.2) is 0 Å². The van der Waals surface area contributed by atoms with Gasteiger partial charge >= 0.3 is 71.1 Å². The van der Waals surface area contributed by atoms with Crippen LogP contribution in [0.25, 0.3) is 0 Å². The average Bonchev–Trinajstić information content (AvgIpc) is 2.00. The van der Waals surface area contributed by atoms with Crippen molar-refractivity contribution in [2.45, 2.75) is 0 Å². The van der Waals surface area contributed by atoms with Crippen molar-refractivity contribution in [1.29, 1.82) is 0 Å². The molecule has 80 valence electrons. The molecule has 0 bridgehead atoms. The quantitative estimate of drug-likeness (QED) is 0.387. The molecule has 0 aromatic carbocycles. The number of carboxylic acid groups (broad SMARTS) is 2. The molecule has 0 radical (unpaired) electrons. The van der Waals surface area contributed by atoms with Crippen LogP contribution in [0.2, 0.25) is 0 Å². The number of aliphatic carboxylic acids is 2. The van der Waals surface area contributed by atoms with Crippen molar-refractivity contribution in [3.8, 4) is 0 Å². The second-order valence-corrected chi connectivity index (χ2v) is 3.15. The van der Waals surface area contributed by atoms with Gasteiger partial charge in [-0.15, -0.1) is 0 Å². The summed E-state index contributed by atoms with van der Waals surface area (Å²) in [5, 5.41) is 17.1. The largest absolute Gasteiger partial charge is 1.00 e. The molecule has 0 fully saturated rings. The van der Waals surface area contributed by atoms with Crippen LogP contribution in [0.5, 0.6) is 0 Å². The van der Waals surface area contributed by atoms with Gasteiger partial charge in [0.25, 0.3) is 0 Å². The first kappa shape index (κ1) is 21.9. The zero-order valence-corrected chi connectivity index (χ0v) is 14.7. The summed E-state index contributed by atoms with van der Waals surface area (Å²) in [5.41, 5.74) is 0. The predicted octanol–water partition coefficient (Wildman–Crippen LogP) is -6.69. The van der Waals surface area contributed by atoms with Crippen molar-refractivity contribution in [2.24, 2.45) is 0 Å². The number of hydrogen-bond donors (Lipinski definition) is 2. The molecule has 0 atom stereocenters. The number of carbonyl (C=O) groups is 2. The van der Waals surface area contributed by atoms with Crippen LogP contribution in [0.1, 0.15) is 0 Å². The summed E-state index contributed by atoms with van der Waals surface area (Å²) in [4.78, 5) is 23.2. The predicted molar refractivity (Wildman–Crippen MR) is 53.1 cm³/mol. The second-order valence-electron chi connectivity index (χ2n) is 2.78. The standard InChI is InChI=1S/C7H12N2O4S.2Na/c1-8(3-5(10)11)7(14)9(2)4-6(12)13;;/h3-4H2,1-2H3,(H,10,11)(H,12,13);;/q;2*+1. The minimum absolute atomic E-state index is 0. The summed E-state index contributed by atoms with van der Waals surface area (Å²) >= 11 is 4.86. The SMILES string of the molecule is CN(CC(=O)O)C(=S)N(C)CC(=O)O.[Na+].[Na+]. The Morgan fingerprint density at radius 1 is 1.00 bits per heavy atom. The van der Waals surface area contributed by atoms with E-state index < -0.39 is 11.9 Å². The topological polar surface area (TPSA) is 81.1 Å². The Morgan fingerprint density at radius 3 is 1.44 bits per heavy atom. The first-order valence-electron chi connectivity index (χ1n) is 3.74. The van der Waals surface area contributed by atoms with Gasteiger partial charge < -0.3 is 20.0 Å². The van der Waals surface area contributed by atoms with Crippen molar-refractivity contribution in [1.82, 2.24) is 9.80 Å². The van der Waals surface area contributed by atoms with Gasteiger partial charge in [-0.05, 0) is 12.2 Å². The van der Waals surface area contributed by atoms with E-state index in [1.807, 2.05) is 0 Å². The maximum atomic E-state index is 10.3. The molecular weight excluding hydrogens is 254 g/mol. The van der Waals surface area contributed by atoms with E-state index in [1.54, 1.807) is 0 Å². The Morgan fingerprint density at radius 2 is 1.25 bits per heavy atom. The average molecular weight is 266 g/mol. The van der Waals surface area contributed by atoms with Crippen LogP contribution >= 0.6 is 12.2 Å². The molecule has 0 rings (SSSR count). The van der Waals surface area contributed by atoms with E-state index in [4.69, 9.17) is 22.4 Å². The van der Waals surface area contributed by atoms with E-state index in [2.05, 4.69) is 0 Å². The van der Waals surface area contributed by atoms with E-state index in [1.165, 1.54) is 23.9 Å². The molecule has 16 heavy (non-hydrogen) atoms. The van der Waals surface area contributed by atoms with Crippen LogP contribution in [0, 0.1) is 0 Å². The summed E-state index contributed by atoms with van der Waals surface area (Å²) in [6, 6.07) is 0. The number of hydrogen-bond acceptors (Lipinski definition) is 3. The number of rotatable bonds is 4. The van der Waals surface area contributed by atoms with Crippen LogP contribution < -0.4 is 59.1 Å². The summed E-state index contributed by atoms with van der Waals surface area (Å²) < 4.78 is 0. The van der Waals surface area contributed by atoms with Gasteiger partial charge in [0.15, 0.2) is 5.11 Å². The zero-order chi connectivity index (χ0) is 11.3. The maximum absolute atomic E-state index is 10.3. The van der Waals surface area contributed by atoms with Crippen molar-refractivity contribution < 1.29 is 78.9 Å². The van der Waals surface area contributed by atoms with Crippen molar-refractivity contribution in [3.63, 3.8) is 0 Å². The fraction of sp³-hybridized carbons (Fsp3) is 0.571. The third-order valence-electron chi connectivity index (χ3n) is 1.40. The summed E-state index contributed by atoms with van der Waals surface area (Å²) in [5.74, 6) is -2.03. The van der Waals surface area contributed by atoms with Crippen molar-refractivity contribution in [2.75, 3.05) is 27.2 Å². The Kier molecular flexibility index (Phi) is 14.7. The Bertz CT molecular complexity index is 241. The number of thiocarbonyl (C=S) groups is 1. The molecule has 0 heterocycles. The van der Waals surface area contributed by atoms with Crippen molar-refractivity contribution >= 4 is 29.3 Å². The summed E-state index contributed by atoms with van der Waals surface area (Å²) in [6.07, 6.45) is 0. The van der Waals surface area contributed by atoms with Crippen molar-refractivity contribution in [3.05, 3.63) is 0 Å². The Labute approximate surface area is 144 Å². The van der Waals surface area contributed by atoms with Gasteiger partial charge in [0.05, 0.1) is 0 Å². The molecule has 0 aliphatic rings. The number of likely N-dealkylation sites (N-methyl/N-ethyl adjacent to an activating group) is 2. The molecule has 0 spiro atoms.